The molecule has 0 spiro atoms. The van der Waals surface area contributed by atoms with Gasteiger partial charge < -0.3 is 20.4 Å². The number of hydrogen-bond donors (Lipinski definition) is 2. The molecule has 0 aromatic heterocycles. The summed E-state index contributed by atoms with van der Waals surface area (Å²) < 4.78 is 0. The van der Waals surface area contributed by atoms with Crippen LogP contribution in [0.1, 0.15) is 31.1 Å². The maximum Gasteiger partial charge on any atom is 0.253 e. The summed E-state index contributed by atoms with van der Waals surface area (Å²) in [5.41, 5.74) is 2.79. The molecule has 0 aliphatic carbocycles. The van der Waals surface area contributed by atoms with Crippen LogP contribution in [0.3, 0.4) is 0 Å². The lowest BCUT2D eigenvalue weighted by molar-refractivity contribution is -0.116. The van der Waals surface area contributed by atoms with Gasteiger partial charge in [0.25, 0.3) is 5.91 Å². The van der Waals surface area contributed by atoms with Crippen LogP contribution in [-0.2, 0) is 9.59 Å². The molecular formula is C22H28N4O3. The molecule has 0 heterocycles. The van der Waals surface area contributed by atoms with Gasteiger partial charge in [-0.2, -0.15) is 0 Å². The highest BCUT2D eigenvalue weighted by Crippen LogP contribution is 2.17. The molecular weight excluding hydrogens is 368 g/mol. The molecule has 0 aliphatic heterocycles. The number of nitrogens with zero attached hydrogens (tertiary/aromatic N) is 2. The van der Waals surface area contributed by atoms with E-state index < -0.39 is 0 Å². The van der Waals surface area contributed by atoms with Crippen LogP contribution in [0, 0.1) is 0 Å². The average molecular weight is 396 g/mol. The van der Waals surface area contributed by atoms with Gasteiger partial charge >= 0.3 is 0 Å². The van der Waals surface area contributed by atoms with Crippen LogP contribution in [0.4, 0.5) is 17.1 Å². The van der Waals surface area contributed by atoms with Crippen LogP contribution in [0.5, 0.6) is 0 Å². The minimum atomic E-state index is -0.194. The second kappa shape index (κ2) is 10.3. The molecule has 2 N–H and O–H groups in total. The maximum atomic E-state index is 12.3. The predicted octanol–water partition coefficient (Wildman–Crippen LogP) is 3.20. The Bertz CT molecular complexity index is 843. The minimum absolute atomic E-state index is 0.00171. The fraction of sp³-hybridized carbons (Fsp3) is 0.318. The molecule has 0 atom stereocenters. The zero-order valence-electron chi connectivity index (χ0n) is 17.4. The first-order valence-corrected chi connectivity index (χ1v) is 9.63. The molecule has 0 saturated heterocycles. The molecule has 29 heavy (non-hydrogen) atoms. The molecule has 0 aliphatic rings. The van der Waals surface area contributed by atoms with Gasteiger partial charge in [-0.05, 0) is 62.4 Å². The largest absolute Gasteiger partial charge is 0.376 e. The van der Waals surface area contributed by atoms with Crippen LogP contribution in [0.2, 0.25) is 0 Å². The lowest BCUT2D eigenvalue weighted by atomic mass is 10.1. The van der Waals surface area contributed by atoms with E-state index in [-0.39, 0.29) is 24.3 Å². The van der Waals surface area contributed by atoms with E-state index in [2.05, 4.69) is 10.6 Å². The van der Waals surface area contributed by atoms with Crippen molar-refractivity contribution in [3.63, 3.8) is 0 Å². The molecule has 154 valence electrons. The van der Waals surface area contributed by atoms with E-state index in [9.17, 15) is 14.4 Å². The Morgan fingerprint density at radius 3 is 1.93 bits per heavy atom. The molecule has 7 heteroatoms. The van der Waals surface area contributed by atoms with E-state index >= 15 is 0 Å². The summed E-state index contributed by atoms with van der Waals surface area (Å²) in [5.74, 6) is -0.255. The number of amides is 3. The van der Waals surface area contributed by atoms with Gasteiger partial charge in [0, 0.05) is 49.7 Å². The fourth-order valence-electron chi connectivity index (χ4n) is 2.76. The monoisotopic (exact) mass is 396 g/mol. The highest BCUT2D eigenvalue weighted by Gasteiger charge is 2.12. The van der Waals surface area contributed by atoms with Crippen LogP contribution in [0.15, 0.2) is 48.5 Å². The molecule has 0 saturated carbocycles. The van der Waals surface area contributed by atoms with E-state index in [0.29, 0.717) is 24.3 Å². The van der Waals surface area contributed by atoms with Crippen molar-refractivity contribution in [3.8, 4) is 0 Å². The van der Waals surface area contributed by atoms with E-state index in [1.807, 2.05) is 13.8 Å². The Hall–Kier alpha value is -3.35. The first-order valence-electron chi connectivity index (χ1n) is 9.63. The van der Waals surface area contributed by atoms with Crippen LogP contribution in [0.25, 0.3) is 0 Å². The Balaban J connectivity index is 1.87. The summed E-state index contributed by atoms with van der Waals surface area (Å²) in [7, 11) is 1.70. The summed E-state index contributed by atoms with van der Waals surface area (Å²) in [6, 6.07) is 14.1. The number of rotatable bonds is 8. The Morgan fingerprint density at radius 1 is 0.862 bits per heavy atom. The molecule has 0 bridgehead atoms. The lowest BCUT2D eigenvalue weighted by Gasteiger charge is -2.18. The van der Waals surface area contributed by atoms with Crippen molar-refractivity contribution in [2.45, 2.75) is 20.8 Å². The molecule has 2 aromatic rings. The molecule has 0 radical (unpaired) electrons. The fourth-order valence-corrected chi connectivity index (χ4v) is 2.76. The topological polar surface area (TPSA) is 81.8 Å². The van der Waals surface area contributed by atoms with Gasteiger partial charge in [0.1, 0.15) is 0 Å². The van der Waals surface area contributed by atoms with E-state index in [1.54, 1.807) is 60.5 Å². The number of carbonyl (C=O) groups is 3. The van der Waals surface area contributed by atoms with Crippen molar-refractivity contribution >= 4 is 34.8 Å². The third-order valence-corrected chi connectivity index (χ3v) is 4.65. The van der Waals surface area contributed by atoms with Gasteiger partial charge in [-0.25, -0.2) is 0 Å². The van der Waals surface area contributed by atoms with Crippen molar-refractivity contribution in [2.75, 3.05) is 42.2 Å². The van der Waals surface area contributed by atoms with Gasteiger partial charge in [-0.3, -0.25) is 14.4 Å². The molecule has 7 nitrogen and oxygen atoms in total. The predicted molar refractivity (Wildman–Crippen MR) is 116 cm³/mol. The quantitative estimate of drug-likeness (QED) is 0.718. The van der Waals surface area contributed by atoms with Crippen LogP contribution < -0.4 is 15.5 Å². The normalized spacial score (nSPS) is 10.2. The second-order valence-electron chi connectivity index (χ2n) is 6.58. The number of anilines is 3. The highest BCUT2D eigenvalue weighted by atomic mass is 16.2. The summed E-state index contributed by atoms with van der Waals surface area (Å²) in [6.45, 7) is 6.82. The van der Waals surface area contributed by atoms with Crippen LogP contribution >= 0.6 is 0 Å². The smallest absolute Gasteiger partial charge is 0.253 e. The van der Waals surface area contributed by atoms with E-state index in [1.165, 1.54) is 11.8 Å². The molecule has 2 rings (SSSR count). The van der Waals surface area contributed by atoms with Gasteiger partial charge in [-0.15, -0.1) is 0 Å². The van der Waals surface area contributed by atoms with Crippen molar-refractivity contribution in [1.29, 1.82) is 0 Å². The SMILES string of the molecule is CCN(CC)C(=O)c1ccc(NCC(=O)Nc2ccc(N(C)C(C)=O)cc2)cc1. The number of hydrogen-bond acceptors (Lipinski definition) is 4. The van der Waals surface area contributed by atoms with Gasteiger partial charge in [0.05, 0.1) is 6.54 Å². The van der Waals surface area contributed by atoms with Gasteiger partial charge in [-0.1, -0.05) is 0 Å². The third-order valence-electron chi connectivity index (χ3n) is 4.65. The molecule has 2 aromatic carbocycles. The number of carbonyl (C=O) groups excluding carboxylic acids is 3. The van der Waals surface area contributed by atoms with E-state index in [4.69, 9.17) is 0 Å². The zero-order valence-corrected chi connectivity index (χ0v) is 17.4. The van der Waals surface area contributed by atoms with Gasteiger partial charge in [0.15, 0.2) is 0 Å². The zero-order chi connectivity index (χ0) is 21.4. The summed E-state index contributed by atoms with van der Waals surface area (Å²) in [6.07, 6.45) is 0. The van der Waals surface area contributed by atoms with E-state index in [0.717, 1.165) is 11.4 Å². The minimum Gasteiger partial charge on any atom is -0.376 e. The highest BCUT2D eigenvalue weighted by molar-refractivity contribution is 5.96. The summed E-state index contributed by atoms with van der Waals surface area (Å²) in [4.78, 5) is 39.1. The molecule has 0 fully saturated rings. The standard InChI is InChI=1S/C22H28N4O3/c1-5-26(6-2)22(29)17-7-9-18(10-8-17)23-15-21(28)24-19-11-13-20(14-12-19)25(4)16(3)27/h7-14,23H,5-6,15H2,1-4H3,(H,24,28). The van der Waals surface area contributed by atoms with Crippen molar-refractivity contribution in [3.05, 3.63) is 54.1 Å². The third kappa shape index (κ3) is 6.07. The Kier molecular flexibility index (Phi) is 7.77. The van der Waals surface area contributed by atoms with Crippen LogP contribution in [-0.4, -0.2) is 49.3 Å². The van der Waals surface area contributed by atoms with Crippen molar-refractivity contribution in [1.82, 2.24) is 4.90 Å². The molecule has 0 unspecified atom stereocenters. The number of nitrogens with one attached hydrogen (secondary N) is 2. The van der Waals surface area contributed by atoms with Crippen molar-refractivity contribution in [2.24, 2.45) is 0 Å². The first-order chi connectivity index (χ1) is 13.8. The maximum absolute atomic E-state index is 12.3. The van der Waals surface area contributed by atoms with Crippen molar-refractivity contribution < 1.29 is 14.4 Å². The lowest BCUT2D eigenvalue weighted by Crippen LogP contribution is -2.30. The average Bonchev–Trinajstić information content (AvgIpc) is 2.73. The Morgan fingerprint density at radius 2 is 1.41 bits per heavy atom. The number of benzene rings is 2. The summed E-state index contributed by atoms with van der Waals surface area (Å²) in [5, 5.41) is 5.84. The van der Waals surface area contributed by atoms with Gasteiger partial charge in [0.2, 0.25) is 11.8 Å². The molecule has 3 amide bonds. The first kappa shape index (κ1) is 21.9. The second-order valence-corrected chi connectivity index (χ2v) is 6.58. The summed E-state index contributed by atoms with van der Waals surface area (Å²) >= 11 is 0. The Labute approximate surface area is 171 Å².